The second-order valence-electron chi connectivity index (χ2n) is 10.8. The molecule has 236 valence electrons. The molecule has 2 amide bonds. The Morgan fingerprint density at radius 2 is 1.80 bits per heavy atom. The van der Waals surface area contributed by atoms with Gasteiger partial charge in [0, 0.05) is 36.5 Å². The van der Waals surface area contributed by atoms with E-state index in [0.717, 1.165) is 8.87 Å². The van der Waals surface area contributed by atoms with Crippen molar-refractivity contribution in [1.29, 1.82) is 0 Å². The molecule has 0 saturated heterocycles. The molecule has 0 aliphatic carbocycles. The highest BCUT2D eigenvalue weighted by molar-refractivity contribution is 7.90. The second kappa shape index (κ2) is 14.6. The molecular formula is C29H36N6O8S. The van der Waals surface area contributed by atoms with Gasteiger partial charge in [0.1, 0.15) is 23.9 Å². The number of fused-ring (bicyclic) bond motifs is 1. The summed E-state index contributed by atoms with van der Waals surface area (Å²) in [5.74, 6) is -0.798. The van der Waals surface area contributed by atoms with Gasteiger partial charge in [0.05, 0.1) is 24.1 Å². The quantitative estimate of drug-likeness (QED) is 0.0968. The molecule has 14 nitrogen and oxygen atoms in total. The van der Waals surface area contributed by atoms with E-state index in [4.69, 9.17) is 15.0 Å². The van der Waals surface area contributed by atoms with E-state index in [1.54, 1.807) is 45.0 Å². The first kappa shape index (κ1) is 33.7. The van der Waals surface area contributed by atoms with Crippen molar-refractivity contribution in [2.45, 2.75) is 50.2 Å². The number of carbonyl (C=O) groups is 3. The van der Waals surface area contributed by atoms with E-state index >= 15 is 0 Å². The molecule has 44 heavy (non-hydrogen) atoms. The number of amides is 2. The molecule has 15 heteroatoms. The number of carbonyl (C=O) groups excluding carboxylic acids is 3. The zero-order valence-corrected chi connectivity index (χ0v) is 26.0. The van der Waals surface area contributed by atoms with Crippen LogP contribution in [-0.2, 0) is 35.5 Å². The number of nitrogens with one attached hydrogen (secondary N) is 1. The zero-order chi connectivity index (χ0) is 32.5. The lowest BCUT2D eigenvalue weighted by Crippen LogP contribution is -2.50. The highest BCUT2D eigenvalue weighted by Gasteiger charge is 2.30. The lowest BCUT2D eigenvalue weighted by atomic mass is 10.0. The van der Waals surface area contributed by atoms with Crippen molar-refractivity contribution in [1.82, 2.24) is 14.2 Å². The highest BCUT2D eigenvalue weighted by atomic mass is 32.2. The Labute approximate surface area is 255 Å². The number of hydrogen-bond acceptors (Lipinski definition) is 9. The van der Waals surface area contributed by atoms with Crippen molar-refractivity contribution in [3.05, 3.63) is 70.7 Å². The number of rotatable bonds is 13. The monoisotopic (exact) mass is 628 g/mol. The normalized spacial score (nSPS) is 12.1. The summed E-state index contributed by atoms with van der Waals surface area (Å²) in [4.78, 5) is 41.7. The number of ether oxygens (including phenoxy) is 3. The maximum atomic E-state index is 13.8. The molecular weight excluding hydrogens is 592 g/mol. The number of alkyl carbamates (subject to hydrolysis) is 1. The van der Waals surface area contributed by atoms with Crippen molar-refractivity contribution >= 4 is 38.9 Å². The molecule has 1 N–H and O–H groups in total. The minimum Gasteiger partial charge on any atom is -0.494 e. The van der Waals surface area contributed by atoms with E-state index in [1.165, 1.54) is 44.6 Å². The lowest BCUT2D eigenvalue weighted by molar-refractivity contribution is -0.146. The van der Waals surface area contributed by atoms with Crippen LogP contribution in [0.15, 0.2) is 64.7 Å². The van der Waals surface area contributed by atoms with Gasteiger partial charge in [-0.2, -0.15) is 0 Å². The van der Waals surface area contributed by atoms with Gasteiger partial charge < -0.3 is 24.4 Å². The van der Waals surface area contributed by atoms with Crippen LogP contribution in [-0.4, -0.2) is 80.8 Å². The van der Waals surface area contributed by atoms with Gasteiger partial charge in [-0.1, -0.05) is 23.3 Å². The van der Waals surface area contributed by atoms with Crippen molar-refractivity contribution in [3.8, 4) is 5.75 Å². The van der Waals surface area contributed by atoms with Gasteiger partial charge in [-0.05, 0) is 68.6 Å². The van der Waals surface area contributed by atoms with E-state index in [2.05, 4.69) is 20.1 Å². The van der Waals surface area contributed by atoms with Gasteiger partial charge in [0.2, 0.25) is 5.91 Å². The molecule has 0 unspecified atom stereocenters. The van der Waals surface area contributed by atoms with Gasteiger partial charge in [0.25, 0.3) is 10.0 Å². The number of para-hydroxylation sites is 1. The number of nitrogens with zero attached hydrogens (tertiary/aromatic N) is 5. The summed E-state index contributed by atoms with van der Waals surface area (Å²) in [6.45, 7) is 5.25. The number of esters is 1. The second-order valence-corrected chi connectivity index (χ2v) is 12.6. The summed E-state index contributed by atoms with van der Waals surface area (Å²) in [6.07, 6.45) is 0.971. The van der Waals surface area contributed by atoms with Gasteiger partial charge >= 0.3 is 12.1 Å². The minimum atomic E-state index is -4.10. The van der Waals surface area contributed by atoms with Gasteiger partial charge in [0.15, 0.2) is 0 Å². The average Bonchev–Trinajstić information content (AvgIpc) is 3.34. The van der Waals surface area contributed by atoms with E-state index in [0.29, 0.717) is 35.2 Å². The van der Waals surface area contributed by atoms with Crippen LogP contribution in [0.25, 0.3) is 21.3 Å². The first-order valence-corrected chi connectivity index (χ1v) is 15.1. The number of benzene rings is 2. The van der Waals surface area contributed by atoms with E-state index in [1.807, 2.05) is 0 Å². The van der Waals surface area contributed by atoms with Crippen LogP contribution >= 0.6 is 0 Å². The van der Waals surface area contributed by atoms with Crippen molar-refractivity contribution in [3.63, 3.8) is 0 Å². The Kier molecular flexibility index (Phi) is 11.2. The number of aromatic nitrogens is 1. The summed E-state index contributed by atoms with van der Waals surface area (Å²) < 4.78 is 44.3. The standard InChI is InChI=1S/C29H36N6O8S/c1-29(2,3)43-28(38)32-24(27(37)34(4)19-26(36)41-5)17-20-18-35(25-10-7-6-9-23(20)25)44(39,40)22-13-11-21(12-14-22)42-16-8-15-31-33-30/h6-7,9-14,18,24H,8,15-17,19H2,1-5H3,(H,32,38)/t24-/m1/s1. The molecule has 1 atom stereocenters. The number of likely N-dealkylation sites (N-methyl/N-ethyl adjacent to an activating group) is 1. The van der Waals surface area contributed by atoms with Crippen LogP contribution in [0.5, 0.6) is 5.75 Å². The SMILES string of the molecule is COC(=O)CN(C)C(=O)[C@@H](Cc1cn(S(=O)(=O)c2ccc(OCCCN=[N+]=[N-])cc2)c2ccccc12)NC(=O)OC(C)(C)C. The van der Waals surface area contributed by atoms with Crippen LogP contribution < -0.4 is 10.1 Å². The predicted molar refractivity (Wildman–Crippen MR) is 162 cm³/mol. The minimum absolute atomic E-state index is 0.00329. The average molecular weight is 629 g/mol. The third-order valence-corrected chi connectivity index (χ3v) is 7.95. The van der Waals surface area contributed by atoms with Crippen molar-refractivity contribution < 1.29 is 37.0 Å². The fourth-order valence-corrected chi connectivity index (χ4v) is 5.63. The number of azide groups is 1. The fourth-order valence-electron chi connectivity index (χ4n) is 4.24. The van der Waals surface area contributed by atoms with Crippen LogP contribution in [0.1, 0.15) is 32.8 Å². The number of methoxy groups -OCH3 is 1. The maximum Gasteiger partial charge on any atom is 0.408 e. The highest BCUT2D eigenvalue weighted by Crippen LogP contribution is 2.28. The maximum absolute atomic E-state index is 13.8. The molecule has 3 aromatic rings. The summed E-state index contributed by atoms with van der Waals surface area (Å²) in [6, 6.07) is 11.5. The van der Waals surface area contributed by atoms with E-state index in [9.17, 15) is 22.8 Å². The summed E-state index contributed by atoms with van der Waals surface area (Å²) in [7, 11) is -1.51. The Morgan fingerprint density at radius 3 is 2.43 bits per heavy atom. The molecule has 1 heterocycles. The molecule has 2 aromatic carbocycles. The molecule has 3 rings (SSSR count). The topological polar surface area (TPSA) is 182 Å². The summed E-state index contributed by atoms with van der Waals surface area (Å²) >= 11 is 0. The Hall–Kier alpha value is -4.75. The van der Waals surface area contributed by atoms with Crippen molar-refractivity contribution in [2.75, 3.05) is 33.9 Å². The van der Waals surface area contributed by atoms with Crippen LogP contribution in [0.2, 0.25) is 0 Å². The molecule has 0 saturated carbocycles. The van der Waals surface area contributed by atoms with Crippen LogP contribution in [0, 0.1) is 0 Å². The van der Waals surface area contributed by atoms with Gasteiger partial charge in [-0.25, -0.2) is 17.2 Å². The molecule has 0 radical (unpaired) electrons. The Bertz CT molecular complexity index is 1640. The molecule has 0 aliphatic rings. The number of hydrogen-bond donors (Lipinski definition) is 1. The molecule has 0 fully saturated rings. The van der Waals surface area contributed by atoms with Crippen LogP contribution in [0.3, 0.4) is 0 Å². The first-order chi connectivity index (χ1) is 20.8. The Balaban J connectivity index is 1.94. The van der Waals surface area contributed by atoms with Crippen molar-refractivity contribution in [2.24, 2.45) is 5.11 Å². The van der Waals surface area contributed by atoms with Gasteiger partial charge in [-0.15, -0.1) is 0 Å². The molecule has 0 bridgehead atoms. The lowest BCUT2D eigenvalue weighted by Gasteiger charge is -2.26. The van der Waals surface area contributed by atoms with E-state index < -0.39 is 39.6 Å². The summed E-state index contributed by atoms with van der Waals surface area (Å²) in [5.41, 5.74) is 8.34. The largest absolute Gasteiger partial charge is 0.494 e. The molecule has 0 spiro atoms. The third kappa shape index (κ3) is 8.88. The first-order valence-electron chi connectivity index (χ1n) is 13.7. The van der Waals surface area contributed by atoms with Crippen LogP contribution in [0.4, 0.5) is 4.79 Å². The molecule has 0 aliphatic heterocycles. The zero-order valence-electron chi connectivity index (χ0n) is 25.2. The third-order valence-electron chi connectivity index (χ3n) is 6.26. The predicted octanol–water partition coefficient (Wildman–Crippen LogP) is 4.02. The van der Waals surface area contributed by atoms with Gasteiger partial charge in [-0.3, -0.25) is 9.59 Å². The smallest absolute Gasteiger partial charge is 0.408 e. The fraction of sp³-hybridized carbons (Fsp3) is 0.414. The molecule has 1 aromatic heterocycles. The Morgan fingerprint density at radius 1 is 1.11 bits per heavy atom. The summed E-state index contributed by atoms with van der Waals surface area (Å²) in [5, 5.41) is 6.56. The van der Waals surface area contributed by atoms with E-state index in [-0.39, 0.29) is 24.4 Å².